The summed E-state index contributed by atoms with van der Waals surface area (Å²) in [6.07, 6.45) is 6.12. The van der Waals surface area contributed by atoms with Gasteiger partial charge in [-0.2, -0.15) is 0 Å². The summed E-state index contributed by atoms with van der Waals surface area (Å²) in [6, 6.07) is 0. The molecule has 114 valence electrons. The fourth-order valence-electron chi connectivity index (χ4n) is 2.79. The van der Waals surface area contributed by atoms with Gasteiger partial charge in [-0.3, -0.25) is 0 Å². The second kappa shape index (κ2) is 7.47. The van der Waals surface area contributed by atoms with Crippen LogP contribution in [0, 0.1) is 11.8 Å². The maximum atomic E-state index is 3.69. The topological polar surface area (TPSA) is 12.0 Å². The largest absolute Gasteiger partial charge is 0.306 e. The highest BCUT2D eigenvalue weighted by Gasteiger charge is 2.34. The van der Waals surface area contributed by atoms with Crippen LogP contribution >= 0.6 is 0 Å². The number of rotatable bonds is 2. The highest BCUT2D eigenvalue weighted by molar-refractivity contribution is 5.17. The van der Waals surface area contributed by atoms with Gasteiger partial charge in [0.05, 0.1) is 0 Å². The molecule has 0 aromatic rings. The molecule has 0 aliphatic carbocycles. The summed E-state index contributed by atoms with van der Waals surface area (Å²) in [5, 5.41) is 3.69. The second-order valence-corrected chi connectivity index (χ2v) is 8.12. The van der Waals surface area contributed by atoms with Gasteiger partial charge in [-0.15, -0.1) is 0 Å². The van der Waals surface area contributed by atoms with E-state index in [0.29, 0.717) is 5.92 Å². The van der Waals surface area contributed by atoms with Gasteiger partial charge in [0, 0.05) is 11.1 Å². The molecule has 0 atom stereocenters. The summed E-state index contributed by atoms with van der Waals surface area (Å²) < 4.78 is 0. The van der Waals surface area contributed by atoms with Crippen molar-refractivity contribution in [3.8, 4) is 0 Å². The van der Waals surface area contributed by atoms with Gasteiger partial charge in [0.15, 0.2) is 0 Å². The van der Waals surface area contributed by atoms with Gasteiger partial charge in [-0.25, -0.2) is 0 Å². The molecule has 1 aliphatic heterocycles. The molecule has 1 rings (SSSR count). The molecule has 0 amide bonds. The van der Waals surface area contributed by atoms with Crippen molar-refractivity contribution >= 4 is 0 Å². The minimum absolute atomic E-state index is 0.252. The Balaban J connectivity index is 0.000000555. The Morgan fingerprint density at radius 2 is 1.37 bits per heavy atom. The normalized spacial score (nSPS) is 21.1. The van der Waals surface area contributed by atoms with Gasteiger partial charge >= 0.3 is 0 Å². The van der Waals surface area contributed by atoms with Crippen LogP contribution in [0.5, 0.6) is 0 Å². The van der Waals surface area contributed by atoms with E-state index >= 15 is 0 Å². The summed E-state index contributed by atoms with van der Waals surface area (Å²) in [5.41, 5.74) is 2.12. The molecule has 1 heterocycles. The molecular weight excluding hydrogens is 230 g/mol. The van der Waals surface area contributed by atoms with Crippen molar-refractivity contribution in [2.24, 2.45) is 11.8 Å². The average Bonchev–Trinajstić information content (AvgIpc) is 2.11. The van der Waals surface area contributed by atoms with Crippen molar-refractivity contribution in [2.45, 2.75) is 92.7 Å². The average molecular weight is 268 g/mol. The molecule has 0 saturated carbocycles. The highest BCUT2D eigenvalue weighted by Crippen LogP contribution is 2.32. The lowest BCUT2D eigenvalue weighted by atomic mass is 9.79. The zero-order valence-electron chi connectivity index (χ0n) is 14.9. The van der Waals surface area contributed by atoms with E-state index in [9.17, 15) is 0 Å². The monoisotopic (exact) mass is 267 g/mol. The molecule has 1 nitrogen and oxygen atoms in total. The SMILES string of the molecule is CC(C)C=C1CC(C)(C)NC(C)(C)C1.CCC(C)C. The zero-order chi connectivity index (χ0) is 15.3. The Hall–Kier alpha value is -0.300. The predicted octanol–water partition coefficient (Wildman–Crippen LogP) is 5.56. The lowest BCUT2D eigenvalue weighted by Gasteiger charge is -2.44. The summed E-state index contributed by atoms with van der Waals surface area (Å²) in [5.74, 6) is 1.56. The number of hydrogen-bond donors (Lipinski definition) is 1. The first kappa shape index (κ1) is 18.7. The molecule has 0 spiro atoms. The van der Waals surface area contributed by atoms with Gasteiger partial charge in [0.2, 0.25) is 0 Å². The van der Waals surface area contributed by atoms with E-state index < -0.39 is 0 Å². The summed E-state index contributed by atoms with van der Waals surface area (Å²) in [6.45, 7) is 20.3. The summed E-state index contributed by atoms with van der Waals surface area (Å²) in [7, 11) is 0. The van der Waals surface area contributed by atoms with E-state index in [0.717, 1.165) is 5.92 Å². The van der Waals surface area contributed by atoms with Gasteiger partial charge < -0.3 is 5.32 Å². The molecule has 0 radical (unpaired) electrons. The zero-order valence-corrected chi connectivity index (χ0v) is 14.9. The molecule has 1 aliphatic rings. The molecule has 0 aromatic heterocycles. The fourth-order valence-corrected chi connectivity index (χ4v) is 2.79. The van der Waals surface area contributed by atoms with Crippen LogP contribution < -0.4 is 5.32 Å². The van der Waals surface area contributed by atoms with Crippen LogP contribution in [0.15, 0.2) is 11.6 Å². The third kappa shape index (κ3) is 9.27. The maximum Gasteiger partial charge on any atom is 0.0167 e. The van der Waals surface area contributed by atoms with Crippen LogP contribution in [-0.4, -0.2) is 11.1 Å². The minimum atomic E-state index is 0.252. The van der Waals surface area contributed by atoms with Gasteiger partial charge in [-0.05, 0) is 52.4 Å². The smallest absolute Gasteiger partial charge is 0.0167 e. The molecule has 0 unspecified atom stereocenters. The molecule has 0 bridgehead atoms. The van der Waals surface area contributed by atoms with Gasteiger partial charge in [0.25, 0.3) is 0 Å². The first-order valence-electron chi connectivity index (χ1n) is 7.96. The number of piperidine rings is 1. The number of allylic oxidation sites excluding steroid dienone is 1. The molecular formula is C18H37N. The third-order valence-corrected chi connectivity index (χ3v) is 3.40. The molecule has 1 heteroatoms. The molecule has 0 aromatic carbocycles. The van der Waals surface area contributed by atoms with Crippen molar-refractivity contribution in [3.05, 3.63) is 11.6 Å². The van der Waals surface area contributed by atoms with Crippen molar-refractivity contribution in [1.29, 1.82) is 0 Å². The Bertz CT molecular complexity index is 264. The van der Waals surface area contributed by atoms with Crippen LogP contribution in [0.4, 0.5) is 0 Å². The summed E-state index contributed by atoms with van der Waals surface area (Å²) in [4.78, 5) is 0. The maximum absolute atomic E-state index is 3.69. The molecule has 1 fully saturated rings. The molecule has 1 saturated heterocycles. The van der Waals surface area contributed by atoms with Gasteiger partial charge in [0.1, 0.15) is 0 Å². The van der Waals surface area contributed by atoms with Crippen LogP contribution in [0.25, 0.3) is 0 Å². The molecule has 19 heavy (non-hydrogen) atoms. The van der Waals surface area contributed by atoms with Crippen LogP contribution in [0.3, 0.4) is 0 Å². The van der Waals surface area contributed by atoms with Crippen LogP contribution in [-0.2, 0) is 0 Å². The molecule has 1 N–H and O–H groups in total. The van der Waals surface area contributed by atoms with Crippen LogP contribution in [0.2, 0.25) is 0 Å². The Morgan fingerprint density at radius 3 is 1.63 bits per heavy atom. The van der Waals surface area contributed by atoms with E-state index in [-0.39, 0.29) is 11.1 Å². The first-order valence-corrected chi connectivity index (χ1v) is 7.96. The Labute approximate surface area is 122 Å². The first-order chi connectivity index (χ1) is 8.47. The third-order valence-electron chi connectivity index (χ3n) is 3.40. The van der Waals surface area contributed by atoms with E-state index in [2.05, 4.69) is 73.7 Å². The van der Waals surface area contributed by atoms with Crippen molar-refractivity contribution < 1.29 is 0 Å². The van der Waals surface area contributed by atoms with Crippen molar-refractivity contribution in [2.75, 3.05) is 0 Å². The fraction of sp³-hybridized carbons (Fsp3) is 0.889. The number of hydrogen-bond acceptors (Lipinski definition) is 1. The van der Waals surface area contributed by atoms with Crippen molar-refractivity contribution in [3.63, 3.8) is 0 Å². The lowest BCUT2D eigenvalue weighted by molar-refractivity contribution is 0.222. The van der Waals surface area contributed by atoms with Crippen LogP contribution in [0.1, 0.15) is 81.6 Å². The van der Waals surface area contributed by atoms with E-state index in [1.165, 1.54) is 19.3 Å². The summed E-state index contributed by atoms with van der Waals surface area (Å²) >= 11 is 0. The quantitative estimate of drug-likeness (QED) is 0.646. The standard InChI is InChI=1S/C13H25N.C5H12/c1-10(2)7-11-8-12(3,4)14-13(5,6)9-11;1-4-5(2)3/h7,10,14H,8-9H2,1-6H3;5H,4H2,1-3H3. The predicted molar refractivity (Wildman–Crippen MR) is 88.6 cm³/mol. The van der Waals surface area contributed by atoms with Crippen molar-refractivity contribution in [1.82, 2.24) is 5.32 Å². The number of nitrogens with one attached hydrogen (secondary N) is 1. The van der Waals surface area contributed by atoms with E-state index in [4.69, 9.17) is 0 Å². The Kier molecular flexibility index (Phi) is 7.36. The van der Waals surface area contributed by atoms with E-state index in [1.807, 2.05) is 0 Å². The Morgan fingerprint density at radius 1 is 1.00 bits per heavy atom. The lowest BCUT2D eigenvalue weighted by Crippen LogP contribution is -2.55. The van der Waals surface area contributed by atoms with Gasteiger partial charge in [-0.1, -0.05) is 52.7 Å². The van der Waals surface area contributed by atoms with E-state index in [1.54, 1.807) is 5.57 Å². The second-order valence-electron chi connectivity index (χ2n) is 8.12. The highest BCUT2D eigenvalue weighted by atomic mass is 15.0. The minimum Gasteiger partial charge on any atom is -0.306 e.